The monoisotopic (exact) mass is 245 g/mol. The smallest absolute Gasteiger partial charge is 0.146 e. The van der Waals surface area contributed by atoms with Crippen LogP contribution in [-0.4, -0.2) is 16.5 Å². The van der Waals surface area contributed by atoms with Crippen LogP contribution in [0.25, 0.3) is 10.6 Å². The minimum Gasteiger partial charge on any atom is -0.307 e. The Balaban J connectivity index is 2.00. The lowest BCUT2D eigenvalue weighted by Crippen LogP contribution is -2.16. The van der Waals surface area contributed by atoms with Gasteiger partial charge in [-0.25, -0.2) is 9.97 Å². The van der Waals surface area contributed by atoms with Gasteiger partial charge in [-0.15, -0.1) is 11.3 Å². The topological polar surface area (TPSA) is 37.8 Å². The minimum atomic E-state index is 0.341. The van der Waals surface area contributed by atoms with E-state index in [1.54, 1.807) is 11.3 Å². The van der Waals surface area contributed by atoms with Crippen molar-refractivity contribution in [3.05, 3.63) is 35.1 Å². The van der Waals surface area contributed by atoms with Crippen molar-refractivity contribution < 1.29 is 0 Å². The van der Waals surface area contributed by atoms with Crippen LogP contribution in [0, 0.1) is 6.92 Å². The summed E-state index contributed by atoms with van der Waals surface area (Å²) in [6, 6.07) is 6.57. The Morgan fingerprint density at radius 3 is 3.06 bits per heavy atom. The van der Waals surface area contributed by atoms with Gasteiger partial charge < -0.3 is 5.32 Å². The third-order valence-corrected chi connectivity index (χ3v) is 3.91. The molecule has 3 nitrogen and oxygen atoms in total. The predicted octanol–water partition coefficient (Wildman–Crippen LogP) is 2.94. The standard InChI is InChI=1S/C13H15N3S/c1-9-8-11(12-5-3-7-17-12)16-13(15-9)10-4-2-6-14-10/h3,5,7-8,10,14H,2,4,6H2,1H3. The number of nitrogens with zero attached hydrogens (tertiary/aromatic N) is 2. The molecular weight excluding hydrogens is 230 g/mol. The molecule has 0 saturated carbocycles. The van der Waals surface area contributed by atoms with Crippen molar-refractivity contribution in [2.45, 2.75) is 25.8 Å². The zero-order valence-corrected chi connectivity index (χ0v) is 10.6. The van der Waals surface area contributed by atoms with Gasteiger partial charge in [-0.2, -0.15) is 0 Å². The average Bonchev–Trinajstić information content (AvgIpc) is 3.02. The van der Waals surface area contributed by atoms with E-state index >= 15 is 0 Å². The van der Waals surface area contributed by atoms with E-state index in [0.717, 1.165) is 30.2 Å². The van der Waals surface area contributed by atoms with Gasteiger partial charge in [0.15, 0.2) is 0 Å². The second-order valence-electron chi connectivity index (χ2n) is 4.38. The van der Waals surface area contributed by atoms with Gasteiger partial charge in [-0.3, -0.25) is 0 Å². The molecule has 1 aliphatic heterocycles. The van der Waals surface area contributed by atoms with Gasteiger partial charge in [0, 0.05) is 5.69 Å². The fourth-order valence-corrected chi connectivity index (χ4v) is 2.89. The summed E-state index contributed by atoms with van der Waals surface area (Å²) in [4.78, 5) is 10.5. The van der Waals surface area contributed by atoms with Crippen LogP contribution in [-0.2, 0) is 0 Å². The van der Waals surface area contributed by atoms with Gasteiger partial charge in [0.1, 0.15) is 5.82 Å². The number of aromatic nitrogens is 2. The molecule has 3 heterocycles. The lowest BCUT2D eigenvalue weighted by Gasteiger charge is -2.10. The van der Waals surface area contributed by atoms with Gasteiger partial charge >= 0.3 is 0 Å². The van der Waals surface area contributed by atoms with E-state index in [9.17, 15) is 0 Å². The molecule has 0 bridgehead atoms. The Labute approximate surface area is 105 Å². The van der Waals surface area contributed by atoms with Crippen molar-refractivity contribution in [1.82, 2.24) is 15.3 Å². The fourth-order valence-electron chi connectivity index (χ4n) is 2.20. The van der Waals surface area contributed by atoms with Crippen LogP contribution in [0.1, 0.15) is 30.4 Å². The molecule has 4 heteroatoms. The molecule has 0 radical (unpaired) electrons. The molecule has 3 rings (SSSR count). The van der Waals surface area contributed by atoms with E-state index in [2.05, 4.69) is 33.9 Å². The summed E-state index contributed by atoms with van der Waals surface area (Å²) in [6.45, 7) is 3.12. The molecule has 0 spiro atoms. The van der Waals surface area contributed by atoms with Crippen LogP contribution in [0.2, 0.25) is 0 Å². The SMILES string of the molecule is Cc1cc(-c2cccs2)nc(C2CCCN2)n1. The highest BCUT2D eigenvalue weighted by molar-refractivity contribution is 7.13. The molecule has 1 fully saturated rings. The summed E-state index contributed by atoms with van der Waals surface area (Å²) in [6.07, 6.45) is 2.36. The van der Waals surface area contributed by atoms with E-state index in [4.69, 9.17) is 4.98 Å². The largest absolute Gasteiger partial charge is 0.307 e. The molecular formula is C13H15N3S. The van der Waals surface area contributed by atoms with Crippen molar-refractivity contribution in [2.75, 3.05) is 6.54 Å². The predicted molar refractivity (Wildman–Crippen MR) is 70.1 cm³/mol. The fraction of sp³-hybridized carbons (Fsp3) is 0.385. The lowest BCUT2D eigenvalue weighted by atomic mass is 10.2. The quantitative estimate of drug-likeness (QED) is 0.884. The molecule has 88 valence electrons. The summed E-state index contributed by atoms with van der Waals surface area (Å²) in [5.41, 5.74) is 2.10. The number of aryl methyl sites for hydroxylation is 1. The van der Waals surface area contributed by atoms with Gasteiger partial charge in [0.25, 0.3) is 0 Å². The second-order valence-corrected chi connectivity index (χ2v) is 5.33. The molecule has 1 N–H and O–H groups in total. The highest BCUT2D eigenvalue weighted by Gasteiger charge is 2.19. The minimum absolute atomic E-state index is 0.341. The van der Waals surface area contributed by atoms with Gasteiger partial charge in [-0.1, -0.05) is 6.07 Å². The maximum absolute atomic E-state index is 4.69. The summed E-state index contributed by atoms with van der Waals surface area (Å²) >= 11 is 1.73. The molecule has 1 unspecified atom stereocenters. The summed E-state index contributed by atoms with van der Waals surface area (Å²) in [5.74, 6) is 0.950. The molecule has 1 aliphatic rings. The summed E-state index contributed by atoms with van der Waals surface area (Å²) < 4.78 is 0. The number of nitrogens with one attached hydrogen (secondary N) is 1. The van der Waals surface area contributed by atoms with Crippen molar-refractivity contribution in [3.8, 4) is 10.6 Å². The second kappa shape index (κ2) is 4.55. The first-order valence-corrected chi connectivity index (χ1v) is 6.84. The highest BCUT2D eigenvalue weighted by atomic mass is 32.1. The molecule has 0 aliphatic carbocycles. The number of thiophene rings is 1. The van der Waals surface area contributed by atoms with E-state index < -0.39 is 0 Å². The van der Waals surface area contributed by atoms with Crippen LogP contribution in [0.3, 0.4) is 0 Å². The number of hydrogen-bond donors (Lipinski definition) is 1. The Morgan fingerprint density at radius 1 is 1.41 bits per heavy atom. The molecule has 2 aromatic heterocycles. The maximum Gasteiger partial charge on any atom is 0.146 e. The van der Waals surface area contributed by atoms with Crippen LogP contribution < -0.4 is 5.32 Å². The molecule has 0 aromatic carbocycles. The molecule has 1 atom stereocenters. The normalized spacial score (nSPS) is 19.7. The maximum atomic E-state index is 4.69. The van der Waals surface area contributed by atoms with Crippen LogP contribution in [0.4, 0.5) is 0 Å². The Morgan fingerprint density at radius 2 is 2.35 bits per heavy atom. The van der Waals surface area contributed by atoms with Crippen molar-refractivity contribution in [2.24, 2.45) is 0 Å². The summed E-state index contributed by atoms with van der Waals surface area (Å²) in [5, 5.41) is 5.53. The Kier molecular flexibility index (Phi) is 2.91. The number of hydrogen-bond acceptors (Lipinski definition) is 4. The first-order chi connectivity index (χ1) is 8.33. The van der Waals surface area contributed by atoms with Crippen LogP contribution >= 0.6 is 11.3 Å². The third kappa shape index (κ3) is 2.23. The molecule has 2 aromatic rings. The number of rotatable bonds is 2. The van der Waals surface area contributed by atoms with Crippen molar-refractivity contribution in [1.29, 1.82) is 0 Å². The summed E-state index contributed by atoms with van der Waals surface area (Å²) in [7, 11) is 0. The molecule has 17 heavy (non-hydrogen) atoms. The molecule has 1 saturated heterocycles. The lowest BCUT2D eigenvalue weighted by molar-refractivity contribution is 0.603. The van der Waals surface area contributed by atoms with Crippen molar-refractivity contribution >= 4 is 11.3 Å². The van der Waals surface area contributed by atoms with Gasteiger partial charge in [-0.05, 0) is 43.8 Å². The zero-order valence-electron chi connectivity index (χ0n) is 9.81. The molecule has 0 amide bonds. The van der Waals surface area contributed by atoms with Crippen LogP contribution in [0.15, 0.2) is 23.6 Å². The first-order valence-electron chi connectivity index (χ1n) is 5.96. The van der Waals surface area contributed by atoms with Gasteiger partial charge in [0.2, 0.25) is 0 Å². The van der Waals surface area contributed by atoms with E-state index in [1.165, 1.54) is 11.3 Å². The Bertz CT molecular complexity index is 501. The van der Waals surface area contributed by atoms with Gasteiger partial charge in [0.05, 0.1) is 16.6 Å². The highest BCUT2D eigenvalue weighted by Crippen LogP contribution is 2.26. The van der Waals surface area contributed by atoms with E-state index in [-0.39, 0.29) is 0 Å². The third-order valence-electron chi connectivity index (χ3n) is 3.02. The van der Waals surface area contributed by atoms with E-state index in [1.807, 2.05) is 6.92 Å². The van der Waals surface area contributed by atoms with Crippen LogP contribution in [0.5, 0.6) is 0 Å². The van der Waals surface area contributed by atoms with E-state index in [0.29, 0.717) is 6.04 Å². The Hall–Kier alpha value is -1.26. The first kappa shape index (κ1) is 10.9. The average molecular weight is 245 g/mol. The zero-order chi connectivity index (χ0) is 11.7. The van der Waals surface area contributed by atoms with Crippen molar-refractivity contribution in [3.63, 3.8) is 0 Å².